The monoisotopic (exact) mass is 454 g/mol. The standard InChI is InChI=1S/C26H35ClN4O/c1-3-24-23(18-21-8-11-22(27)12-9-21)26(29-19(2)28-24)31-16-14-30(15-17-31)25(32)13-10-20-6-4-5-7-20/h8-9,11-12,20H,3-7,10,13-18H2,1-2H3. The first-order valence-corrected chi connectivity index (χ1v) is 12.5. The Morgan fingerprint density at radius 2 is 1.75 bits per heavy atom. The van der Waals surface area contributed by atoms with Crippen LogP contribution < -0.4 is 4.90 Å². The maximum atomic E-state index is 12.8. The molecule has 2 aromatic rings. The largest absolute Gasteiger partial charge is 0.353 e. The third kappa shape index (κ3) is 5.61. The molecule has 32 heavy (non-hydrogen) atoms. The predicted molar refractivity (Wildman–Crippen MR) is 130 cm³/mol. The first-order valence-electron chi connectivity index (χ1n) is 12.2. The summed E-state index contributed by atoms with van der Waals surface area (Å²) >= 11 is 6.08. The Labute approximate surface area is 197 Å². The molecule has 5 nitrogen and oxygen atoms in total. The van der Waals surface area contributed by atoms with Crippen LogP contribution >= 0.6 is 11.6 Å². The van der Waals surface area contributed by atoms with Gasteiger partial charge in [0.2, 0.25) is 5.91 Å². The number of carbonyl (C=O) groups is 1. The first-order chi connectivity index (χ1) is 15.5. The van der Waals surface area contributed by atoms with E-state index in [-0.39, 0.29) is 0 Å². The zero-order valence-corrected chi connectivity index (χ0v) is 20.2. The van der Waals surface area contributed by atoms with Crippen molar-refractivity contribution >= 4 is 23.3 Å². The van der Waals surface area contributed by atoms with Crippen molar-refractivity contribution in [2.24, 2.45) is 5.92 Å². The van der Waals surface area contributed by atoms with Crippen LogP contribution in [0, 0.1) is 12.8 Å². The second-order valence-corrected chi connectivity index (χ2v) is 9.67. The molecule has 1 amide bonds. The smallest absolute Gasteiger partial charge is 0.222 e. The minimum Gasteiger partial charge on any atom is -0.353 e. The molecular weight excluding hydrogens is 420 g/mol. The highest BCUT2D eigenvalue weighted by Crippen LogP contribution is 2.29. The first kappa shape index (κ1) is 23.0. The zero-order chi connectivity index (χ0) is 22.5. The van der Waals surface area contributed by atoms with Gasteiger partial charge in [0.15, 0.2) is 0 Å². The maximum Gasteiger partial charge on any atom is 0.222 e. The van der Waals surface area contributed by atoms with Crippen LogP contribution in [0.2, 0.25) is 5.02 Å². The molecule has 1 aromatic heterocycles. The van der Waals surface area contributed by atoms with E-state index in [0.717, 1.165) is 73.7 Å². The fraction of sp³-hybridized carbons (Fsp3) is 0.577. The van der Waals surface area contributed by atoms with Crippen molar-refractivity contribution in [3.8, 4) is 0 Å². The summed E-state index contributed by atoms with van der Waals surface area (Å²) in [6.45, 7) is 7.31. The van der Waals surface area contributed by atoms with Crippen LogP contribution in [0.3, 0.4) is 0 Å². The van der Waals surface area contributed by atoms with E-state index in [2.05, 4.69) is 28.9 Å². The van der Waals surface area contributed by atoms with Gasteiger partial charge >= 0.3 is 0 Å². The number of halogens is 1. The van der Waals surface area contributed by atoms with E-state index in [9.17, 15) is 4.79 Å². The highest BCUT2D eigenvalue weighted by Gasteiger charge is 2.26. The quantitative estimate of drug-likeness (QED) is 0.576. The number of hydrogen-bond acceptors (Lipinski definition) is 4. The van der Waals surface area contributed by atoms with Gasteiger partial charge in [-0.05, 0) is 43.4 Å². The summed E-state index contributed by atoms with van der Waals surface area (Å²) in [6.07, 6.45) is 8.74. The Kier molecular flexibility index (Phi) is 7.67. The number of nitrogens with zero attached hydrogens (tertiary/aromatic N) is 4. The van der Waals surface area contributed by atoms with Gasteiger partial charge in [0.1, 0.15) is 11.6 Å². The summed E-state index contributed by atoms with van der Waals surface area (Å²) in [4.78, 5) is 26.8. The molecule has 4 rings (SSSR count). The van der Waals surface area contributed by atoms with Crippen LogP contribution in [0.5, 0.6) is 0 Å². The molecule has 172 valence electrons. The zero-order valence-electron chi connectivity index (χ0n) is 19.4. The summed E-state index contributed by atoms with van der Waals surface area (Å²) < 4.78 is 0. The van der Waals surface area contributed by atoms with E-state index in [1.807, 2.05) is 19.1 Å². The van der Waals surface area contributed by atoms with Gasteiger partial charge in [-0.2, -0.15) is 0 Å². The number of anilines is 1. The molecule has 2 fully saturated rings. The van der Waals surface area contributed by atoms with E-state index in [4.69, 9.17) is 21.6 Å². The van der Waals surface area contributed by atoms with Crippen LogP contribution in [0.1, 0.15) is 68.1 Å². The summed E-state index contributed by atoms with van der Waals surface area (Å²) in [7, 11) is 0. The van der Waals surface area contributed by atoms with E-state index >= 15 is 0 Å². The van der Waals surface area contributed by atoms with Crippen LogP contribution in [0.15, 0.2) is 24.3 Å². The van der Waals surface area contributed by atoms with Crippen LogP contribution in [-0.2, 0) is 17.6 Å². The number of benzene rings is 1. The third-order valence-electron chi connectivity index (χ3n) is 6.98. The van der Waals surface area contributed by atoms with Gasteiger partial charge in [-0.1, -0.05) is 56.3 Å². The molecule has 1 aliphatic carbocycles. The van der Waals surface area contributed by atoms with Gasteiger partial charge in [-0.3, -0.25) is 4.79 Å². The van der Waals surface area contributed by atoms with Crippen LogP contribution in [0.4, 0.5) is 5.82 Å². The Morgan fingerprint density at radius 1 is 1.06 bits per heavy atom. The third-order valence-corrected chi connectivity index (χ3v) is 7.24. The van der Waals surface area contributed by atoms with Crippen molar-refractivity contribution in [3.05, 3.63) is 51.9 Å². The van der Waals surface area contributed by atoms with Crippen molar-refractivity contribution in [1.29, 1.82) is 0 Å². The molecule has 2 aliphatic rings. The molecule has 1 saturated carbocycles. The fourth-order valence-corrected chi connectivity index (χ4v) is 5.26. The van der Waals surface area contributed by atoms with Crippen molar-refractivity contribution in [1.82, 2.24) is 14.9 Å². The molecule has 0 bridgehead atoms. The van der Waals surface area contributed by atoms with Crippen molar-refractivity contribution in [2.45, 2.75) is 65.2 Å². The molecule has 1 aromatic carbocycles. The van der Waals surface area contributed by atoms with E-state index in [1.54, 1.807) is 0 Å². The van der Waals surface area contributed by atoms with Crippen molar-refractivity contribution in [3.63, 3.8) is 0 Å². The number of piperazine rings is 1. The van der Waals surface area contributed by atoms with Crippen LogP contribution in [-0.4, -0.2) is 47.0 Å². The predicted octanol–water partition coefficient (Wildman–Crippen LogP) is 5.21. The summed E-state index contributed by atoms with van der Waals surface area (Å²) in [6, 6.07) is 8.03. The molecule has 1 saturated heterocycles. The minimum absolute atomic E-state index is 0.325. The second-order valence-electron chi connectivity index (χ2n) is 9.23. The van der Waals surface area contributed by atoms with Crippen LogP contribution in [0.25, 0.3) is 0 Å². The number of hydrogen-bond donors (Lipinski definition) is 0. The fourth-order valence-electron chi connectivity index (χ4n) is 5.13. The molecule has 1 aliphatic heterocycles. The average molecular weight is 455 g/mol. The van der Waals surface area contributed by atoms with Gasteiger partial charge in [0.25, 0.3) is 0 Å². The molecule has 0 N–H and O–H groups in total. The highest BCUT2D eigenvalue weighted by atomic mass is 35.5. The lowest BCUT2D eigenvalue weighted by Crippen LogP contribution is -2.49. The van der Waals surface area contributed by atoms with Crippen molar-refractivity contribution in [2.75, 3.05) is 31.1 Å². The number of carbonyl (C=O) groups excluding carboxylic acids is 1. The molecule has 0 atom stereocenters. The lowest BCUT2D eigenvalue weighted by atomic mass is 10.0. The van der Waals surface area contributed by atoms with Crippen molar-refractivity contribution < 1.29 is 4.79 Å². The molecule has 0 unspecified atom stereocenters. The van der Waals surface area contributed by atoms with Gasteiger partial charge in [-0.25, -0.2) is 9.97 Å². The number of amides is 1. The molecule has 6 heteroatoms. The Balaban J connectivity index is 1.44. The van der Waals surface area contributed by atoms with E-state index in [0.29, 0.717) is 12.3 Å². The SMILES string of the molecule is CCc1nc(C)nc(N2CCN(C(=O)CCC3CCCC3)CC2)c1Cc1ccc(Cl)cc1. The van der Waals surface area contributed by atoms with Gasteiger partial charge in [-0.15, -0.1) is 0 Å². The minimum atomic E-state index is 0.325. The van der Waals surface area contributed by atoms with Gasteiger partial charge < -0.3 is 9.80 Å². The topological polar surface area (TPSA) is 49.3 Å². The molecule has 2 heterocycles. The molecule has 0 radical (unpaired) electrons. The average Bonchev–Trinajstić information content (AvgIpc) is 3.33. The number of aromatic nitrogens is 2. The van der Waals surface area contributed by atoms with E-state index in [1.165, 1.54) is 36.8 Å². The Hall–Kier alpha value is -2.14. The molecular formula is C26H35ClN4O. The number of aryl methyl sites for hydroxylation is 2. The lowest BCUT2D eigenvalue weighted by molar-refractivity contribution is -0.131. The molecule has 0 spiro atoms. The summed E-state index contributed by atoms with van der Waals surface area (Å²) in [5.41, 5.74) is 3.51. The lowest BCUT2D eigenvalue weighted by Gasteiger charge is -2.37. The Morgan fingerprint density at radius 3 is 2.41 bits per heavy atom. The Bertz CT molecular complexity index is 916. The maximum absolute atomic E-state index is 12.8. The van der Waals surface area contributed by atoms with Gasteiger partial charge in [0.05, 0.1) is 0 Å². The van der Waals surface area contributed by atoms with E-state index < -0.39 is 0 Å². The summed E-state index contributed by atoms with van der Waals surface area (Å²) in [5, 5.41) is 0.749. The second kappa shape index (κ2) is 10.7. The highest BCUT2D eigenvalue weighted by molar-refractivity contribution is 6.30. The van der Waals surface area contributed by atoms with Gasteiger partial charge in [0, 0.05) is 55.3 Å². The normalized spacial score (nSPS) is 17.2. The summed E-state index contributed by atoms with van der Waals surface area (Å²) in [5.74, 6) is 2.94. The number of rotatable bonds is 7.